The van der Waals surface area contributed by atoms with E-state index in [2.05, 4.69) is 10.1 Å². The molecule has 0 saturated carbocycles. The van der Waals surface area contributed by atoms with E-state index in [1.807, 2.05) is 5.32 Å². The van der Waals surface area contributed by atoms with E-state index < -0.39 is 36.0 Å². The summed E-state index contributed by atoms with van der Waals surface area (Å²) >= 11 is 0. The van der Waals surface area contributed by atoms with E-state index in [-0.39, 0.29) is 11.1 Å². The van der Waals surface area contributed by atoms with Crippen LogP contribution in [0.5, 0.6) is 0 Å². The van der Waals surface area contributed by atoms with Gasteiger partial charge in [0.05, 0.1) is 18.2 Å². The number of nitrogens with one attached hydrogen (secondary N) is 2. The number of esters is 2. The van der Waals surface area contributed by atoms with Gasteiger partial charge in [0.25, 0.3) is 5.91 Å². The highest BCUT2D eigenvalue weighted by molar-refractivity contribution is 5.97. The topological polar surface area (TPSA) is 111 Å². The van der Waals surface area contributed by atoms with Crippen LogP contribution in [0.4, 0.5) is 4.79 Å². The fourth-order valence-corrected chi connectivity index (χ4v) is 1.61. The predicted molar refractivity (Wildman–Crippen MR) is 84.5 cm³/mol. The van der Waals surface area contributed by atoms with Crippen LogP contribution in [0.2, 0.25) is 0 Å². The van der Waals surface area contributed by atoms with E-state index >= 15 is 0 Å². The molecule has 130 valence electrons. The summed E-state index contributed by atoms with van der Waals surface area (Å²) in [4.78, 5) is 46.1. The molecule has 0 aromatic heterocycles. The van der Waals surface area contributed by atoms with Crippen LogP contribution in [-0.4, -0.2) is 43.1 Å². The first kappa shape index (κ1) is 19.1. The average Bonchev–Trinajstić information content (AvgIpc) is 2.50. The van der Waals surface area contributed by atoms with Gasteiger partial charge in [-0.15, -0.1) is 0 Å². The molecule has 0 fully saturated rings. The van der Waals surface area contributed by atoms with Gasteiger partial charge in [-0.3, -0.25) is 10.1 Å². The maximum absolute atomic E-state index is 11.8. The van der Waals surface area contributed by atoms with Crippen molar-refractivity contribution in [3.8, 4) is 0 Å². The van der Waals surface area contributed by atoms with Gasteiger partial charge < -0.3 is 14.8 Å². The van der Waals surface area contributed by atoms with Gasteiger partial charge in [-0.05, 0) is 45.0 Å². The SMILES string of the molecule is COC(=O)c1ccc(C(=O)OCC(=O)NC(=O)NC(C)(C)C)cc1. The van der Waals surface area contributed by atoms with E-state index in [1.165, 1.54) is 31.4 Å². The molecule has 24 heavy (non-hydrogen) atoms. The average molecular weight is 336 g/mol. The number of hydrogen-bond donors (Lipinski definition) is 2. The summed E-state index contributed by atoms with van der Waals surface area (Å²) in [5, 5.41) is 4.58. The number of rotatable bonds is 4. The Bertz CT molecular complexity index is 631. The largest absolute Gasteiger partial charge is 0.465 e. The van der Waals surface area contributed by atoms with Crippen LogP contribution in [0.25, 0.3) is 0 Å². The van der Waals surface area contributed by atoms with Crippen molar-refractivity contribution in [2.45, 2.75) is 26.3 Å². The Labute approximate surface area is 139 Å². The molecule has 0 aliphatic carbocycles. The summed E-state index contributed by atoms with van der Waals surface area (Å²) in [6, 6.07) is 4.88. The second-order valence-electron chi connectivity index (χ2n) is 5.90. The Morgan fingerprint density at radius 2 is 1.46 bits per heavy atom. The Morgan fingerprint density at radius 1 is 0.958 bits per heavy atom. The standard InChI is InChI=1S/C16H20N2O6/c1-16(2,3)18-15(22)17-12(19)9-24-14(21)11-7-5-10(6-8-11)13(20)23-4/h5-8H,9H2,1-4H3,(H2,17,18,19,22). The summed E-state index contributed by atoms with van der Waals surface area (Å²) < 4.78 is 9.34. The molecule has 0 aliphatic heterocycles. The molecule has 0 atom stereocenters. The molecule has 0 radical (unpaired) electrons. The number of hydrogen-bond acceptors (Lipinski definition) is 6. The predicted octanol–water partition coefficient (Wildman–Crippen LogP) is 1.25. The number of ether oxygens (including phenoxy) is 2. The van der Waals surface area contributed by atoms with Crippen LogP contribution < -0.4 is 10.6 Å². The normalized spacial score (nSPS) is 10.5. The number of urea groups is 1. The smallest absolute Gasteiger partial charge is 0.338 e. The third kappa shape index (κ3) is 6.47. The zero-order valence-electron chi connectivity index (χ0n) is 14.0. The van der Waals surface area contributed by atoms with Crippen molar-refractivity contribution in [3.05, 3.63) is 35.4 Å². The Kier molecular flexibility index (Phi) is 6.46. The minimum absolute atomic E-state index is 0.162. The minimum Gasteiger partial charge on any atom is -0.465 e. The number of benzene rings is 1. The molecule has 1 aromatic carbocycles. The van der Waals surface area contributed by atoms with Crippen LogP contribution in [0, 0.1) is 0 Å². The zero-order valence-corrected chi connectivity index (χ0v) is 14.0. The lowest BCUT2D eigenvalue weighted by Crippen LogP contribution is -2.49. The van der Waals surface area contributed by atoms with Gasteiger partial charge in [-0.2, -0.15) is 0 Å². The molecule has 8 nitrogen and oxygen atoms in total. The van der Waals surface area contributed by atoms with Gasteiger partial charge in [0.15, 0.2) is 6.61 Å². The van der Waals surface area contributed by atoms with Gasteiger partial charge >= 0.3 is 18.0 Å². The van der Waals surface area contributed by atoms with Crippen molar-refractivity contribution in [1.82, 2.24) is 10.6 Å². The van der Waals surface area contributed by atoms with Gasteiger partial charge in [-0.1, -0.05) is 0 Å². The van der Waals surface area contributed by atoms with Gasteiger partial charge in [0.2, 0.25) is 0 Å². The van der Waals surface area contributed by atoms with Crippen molar-refractivity contribution in [1.29, 1.82) is 0 Å². The number of carbonyl (C=O) groups is 4. The quantitative estimate of drug-likeness (QED) is 0.801. The van der Waals surface area contributed by atoms with Gasteiger partial charge in [0, 0.05) is 5.54 Å². The monoisotopic (exact) mass is 336 g/mol. The van der Waals surface area contributed by atoms with Crippen molar-refractivity contribution < 1.29 is 28.7 Å². The fraction of sp³-hybridized carbons (Fsp3) is 0.375. The molecule has 1 rings (SSSR count). The molecule has 0 heterocycles. The second kappa shape index (κ2) is 8.09. The minimum atomic E-state index is -0.753. The summed E-state index contributed by atoms with van der Waals surface area (Å²) in [5.41, 5.74) is -0.0529. The molecular formula is C16H20N2O6. The zero-order chi connectivity index (χ0) is 18.3. The van der Waals surface area contributed by atoms with E-state index in [1.54, 1.807) is 20.8 Å². The maximum Gasteiger partial charge on any atom is 0.338 e. The maximum atomic E-state index is 11.8. The van der Waals surface area contributed by atoms with Crippen LogP contribution in [-0.2, 0) is 14.3 Å². The van der Waals surface area contributed by atoms with Crippen LogP contribution >= 0.6 is 0 Å². The molecule has 0 spiro atoms. The number of methoxy groups -OCH3 is 1. The number of imide groups is 1. The van der Waals surface area contributed by atoms with Crippen molar-refractivity contribution in [3.63, 3.8) is 0 Å². The molecule has 0 bridgehead atoms. The van der Waals surface area contributed by atoms with E-state index in [0.717, 1.165) is 0 Å². The highest BCUT2D eigenvalue weighted by Gasteiger charge is 2.17. The molecule has 3 amide bonds. The number of carbonyl (C=O) groups excluding carboxylic acids is 4. The second-order valence-corrected chi connectivity index (χ2v) is 5.90. The summed E-state index contributed by atoms with van der Waals surface area (Å²) in [7, 11) is 1.25. The van der Waals surface area contributed by atoms with Crippen LogP contribution in [0.15, 0.2) is 24.3 Å². The molecule has 2 N–H and O–H groups in total. The van der Waals surface area contributed by atoms with Gasteiger partial charge in [-0.25, -0.2) is 14.4 Å². The highest BCUT2D eigenvalue weighted by Crippen LogP contribution is 2.07. The van der Waals surface area contributed by atoms with E-state index in [0.29, 0.717) is 0 Å². The molecule has 0 saturated heterocycles. The third-order valence-electron chi connectivity index (χ3n) is 2.62. The van der Waals surface area contributed by atoms with Crippen LogP contribution in [0.3, 0.4) is 0 Å². The molecule has 8 heteroatoms. The lowest BCUT2D eigenvalue weighted by Gasteiger charge is -2.20. The van der Waals surface area contributed by atoms with E-state index in [9.17, 15) is 19.2 Å². The first-order chi connectivity index (χ1) is 11.1. The van der Waals surface area contributed by atoms with E-state index in [4.69, 9.17) is 4.74 Å². The van der Waals surface area contributed by atoms with Crippen LogP contribution in [0.1, 0.15) is 41.5 Å². The molecule has 1 aromatic rings. The Hall–Kier alpha value is -2.90. The van der Waals surface area contributed by atoms with Crippen molar-refractivity contribution in [2.75, 3.05) is 13.7 Å². The summed E-state index contributed by atoms with van der Waals surface area (Å²) in [6.45, 7) is 4.67. The molecular weight excluding hydrogens is 316 g/mol. The third-order valence-corrected chi connectivity index (χ3v) is 2.62. The summed E-state index contributed by atoms with van der Waals surface area (Å²) in [6.07, 6.45) is 0. The lowest BCUT2D eigenvalue weighted by molar-refractivity contribution is -0.123. The number of amides is 3. The summed E-state index contributed by atoms with van der Waals surface area (Å²) in [5.74, 6) is -2.03. The highest BCUT2D eigenvalue weighted by atomic mass is 16.5. The first-order valence-electron chi connectivity index (χ1n) is 7.10. The Balaban J connectivity index is 2.49. The lowest BCUT2D eigenvalue weighted by atomic mass is 10.1. The first-order valence-corrected chi connectivity index (χ1v) is 7.10. The molecule has 0 unspecified atom stereocenters. The fourth-order valence-electron chi connectivity index (χ4n) is 1.61. The Morgan fingerprint density at radius 3 is 1.92 bits per heavy atom. The van der Waals surface area contributed by atoms with Crippen molar-refractivity contribution >= 4 is 23.9 Å². The van der Waals surface area contributed by atoms with Gasteiger partial charge in [0.1, 0.15) is 0 Å². The van der Waals surface area contributed by atoms with Crippen molar-refractivity contribution in [2.24, 2.45) is 0 Å². The molecule has 0 aliphatic rings.